The first-order valence-electron chi connectivity index (χ1n) is 9.01. The number of likely N-dealkylation sites (tertiary alicyclic amines) is 1. The van der Waals surface area contributed by atoms with E-state index >= 15 is 0 Å². The standard InChI is InChI=1S/C21H24N2O2/c24-20(23-12-10-21(11-13-23)15-22-16-21)18-6-8-19(9-7-18)25-14-17-4-2-1-3-5-17/h1-9,22H,10-16H2. The third-order valence-electron chi connectivity index (χ3n) is 5.46. The molecule has 4 nitrogen and oxygen atoms in total. The zero-order chi connectivity index (χ0) is 17.1. The van der Waals surface area contributed by atoms with Gasteiger partial charge >= 0.3 is 0 Å². The highest BCUT2D eigenvalue weighted by molar-refractivity contribution is 5.94. The predicted molar refractivity (Wildman–Crippen MR) is 97.7 cm³/mol. The van der Waals surface area contributed by atoms with E-state index in [1.807, 2.05) is 59.5 Å². The number of carbonyl (C=O) groups excluding carboxylic acids is 1. The van der Waals surface area contributed by atoms with Crippen molar-refractivity contribution in [3.8, 4) is 5.75 Å². The second-order valence-electron chi connectivity index (χ2n) is 7.19. The highest BCUT2D eigenvalue weighted by atomic mass is 16.5. The van der Waals surface area contributed by atoms with Crippen LogP contribution in [-0.4, -0.2) is 37.0 Å². The van der Waals surface area contributed by atoms with Crippen LogP contribution in [0.15, 0.2) is 54.6 Å². The fraction of sp³-hybridized carbons (Fsp3) is 0.381. The Morgan fingerprint density at radius 1 is 1.00 bits per heavy atom. The third-order valence-corrected chi connectivity index (χ3v) is 5.46. The molecule has 1 amide bonds. The van der Waals surface area contributed by atoms with E-state index in [1.165, 1.54) is 0 Å². The van der Waals surface area contributed by atoms with Gasteiger partial charge in [0.25, 0.3) is 5.91 Å². The van der Waals surface area contributed by atoms with Gasteiger partial charge in [-0.3, -0.25) is 4.79 Å². The van der Waals surface area contributed by atoms with Gasteiger partial charge in [-0.2, -0.15) is 0 Å². The Morgan fingerprint density at radius 3 is 2.28 bits per heavy atom. The molecule has 25 heavy (non-hydrogen) atoms. The molecule has 2 aromatic rings. The van der Waals surface area contributed by atoms with Crippen molar-refractivity contribution < 1.29 is 9.53 Å². The molecule has 0 aromatic heterocycles. The summed E-state index contributed by atoms with van der Waals surface area (Å²) in [6.45, 7) is 4.50. The summed E-state index contributed by atoms with van der Waals surface area (Å²) in [7, 11) is 0. The first-order valence-corrected chi connectivity index (χ1v) is 9.01. The normalized spacial score (nSPS) is 18.6. The summed E-state index contributed by atoms with van der Waals surface area (Å²) in [5, 5.41) is 3.36. The number of carbonyl (C=O) groups is 1. The number of amides is 1. The Kier molecular flexibility index (Phi) is 4.45. The van der Waals surface area contributed by atoms with Crippen molar-refractivity contribution in [1.29, 1.82) is 0 Å². The molecule has 2 saturated heterocycles. The van der Waals surface area contributed by atoms with Gasteiger partial charge in [0.1, 0.15) is 12.4 Å². The molecule has 4 heteroatoms. The molecule has 130 valence electrons. The fourth-order valence-corrected chi connectivity index (χ4v) is 3.63. The summed E-state index contributed by atoms with van der Waals surface area (Å²) in [5.41, 5.74) is 2.34. The van der Waals surface area contributed by atoms with E-state index in [4.69, 9.17) is 4.74 Å². The van der Waals surface area contributed by atoms with E-state index in [1.54, 1.807) is 0 Å². The smallest absolute Gasteiger partial charge is 0.253 e. The lowest BCUT2D eigenvalue weighted by Crippen LogP contribution is -2.58. The molecule has 0 bridgehead atoms. The lowest BCUT2D eigenvalue weighted by Gasteiger charge is -2.48. The molecular weight excluding hydrogens is 312 g/mol. The van der Waals surface area contributed by atoms with E-state index < -0.39 is 0 Å². The molecule has 2 aliphatic heterocycles. The summed E-state index contributed by atoms with van der Waals surface area (Å²) in [5.74, 6) is 0.926. The van der Waals surface area contributed by atoms with Gasteiger partial charge in [-0.25, -0.2) is 0 Å². The van der Waals surface area contributed by atoms with Crippen LogP contribution < -0.4 is 10.1 Å². The molecule has 1 spiro atoms. The number of hydrogen-bond donors (Lipinski definition) is 1. The van der Waals surface area contributed by atoms with Gasteiger partial charge in [-0.15, -0.1) is 0 Å². The third kappa shape index (κ3) is 3.54. The van der Waals surface area contributed by atoms with E-state index in [0.29, 0.717) is 12.0 Å². The Bertz CT molecular complexity index is 713. The minimum absolute atomic E-state index is 0.136. The first kappa shape index (κ1) is 16.2. The van der Waals surface area contributed by atoms with E-state index in [0.717, 1.165) is 55.9 Å². The van der Waals surface area contributed by atoms with Crippen LogP contribution in [0.4, 0.5) is 0 Å². The highest BCUT2D eigenvalue weighted by Gasteiger charge is 2.40. The van der Waals surface area contributed by atoms with Crippen LogP contribution in [0, 0.1) is 5.41 Å². The van der Waals surface area contributed by atoms with Crippen LogP contribution >= 0.6 is 0 Å². The predicted octanol–water partition coefficient (Wildman–Crippen LogP) is 3.09. The van der Waals surface area contributed by atoms with Crippen molar-refractivity contribution >= 4 is 5.91 Å². The number of nitrogens with zero attached hydrogens (tertiary/aromatic N) is 1. The van der Waals surface area contributed by atoms with E-state index in [2.05, 4.69) is 5.32 Å². The Morgan fingerprint density at radius 2 is 1.68 bits per heavy atom. The number of hydrogen-bond acceptors (Lipinski definition) is 3. The van der Waals surface area contributed by atoms with Gasteiger partial charge < -0.3 is 15.0 Å². The zero-order valence-electron chi connectivity index (χ0n) is 14.4. The average Bonchev–Trinajstić information content (AvgIpc) is 2.66. The molecule has 0 unspecified atom stereocenters. The Hall–Kier alpha value is -2.33. The topological polar surface area (TPSA) is 41.6 Å². The van der Waals surface area contributed by atoms with Crippen LogP contribution in [0.1, 0.15) is 28.8 Å². The lowest BCUT2D eigenvalue weighted by molar-refractivity contribution is 0.0414. The molecule has 0 saturated carbocycles. The second-order valence-corrected chi connectivity index (χ2v) is 7.19. The van der Waals surface area contributed by atoms with Crippen molar-refractivity contribution in [2.45, 2.75) is 19.4 Å². The molecule has 2 heterocycles. The first-order chi connectivity index (χ1) is 12.2. The quantitative estimate of drug-likeness (QED) is 0.933. The molecule has 0 atom stereocenters. The van der Waals surface area contributed by atoms with Crippen molar-refractivity contribution in [1.82, 2.24) is 10.2 Å². The maximum atomic E-state index is 12.7. The minimum atomic E-state index is 0.136. The summed E-state index contributed by atoms with van der Waals surface area (Å²) in [4.78, 5) is 14.7. The number of ether oxygens (including phenoxy) is 1. The molecule has 1 N–H and O–H groups in total. The molecule has 0 aliphatic carbocycles. The Balaban J connectivity index is 1.33. The van der Waals surface area contributed by atoms with Crippen molar-refractivity contribution in [2.75, 3.05) is 26.2 Å². The van der Waals surface area contributed by atoms with Crippen LogP contribution in [-0.2, 0) is 6.61 Å². The molecule has 2 fully saturated rings. The van der Waals surface area contributed by atoms with Crippen LogP contribution in [0.2, 0.25) is 0 Å². The van der Waals surface area contributed by atoms with Crippen molar-refractivity contribution in [3.05, 3.63) is 65.7 Å². The van der Waals surface area contributed by atoms with E-state index in [-0.39, 0.29) is 5.91 Å². The monoisotopic (exact) mass is 336 g/mol. The summed E-state index contributed by atoms with van der Waals surface area (Å²) < 4.78 is 5.79. The van der Waals surface area contributed by atoms with Crippen LogP contribution in [0.5, 0.6) is 5.75 Å². The molecule has 0 radical (unpaired) electrons. The average molecular weight is 336 g/mol. The maximum Gasteiger partial charge on any atom is 0.253 e. The number of nitrogens with one attached hydrogen (secondary N) is 1. The zero-order valence-corrected chi connectivity index (χ0v) is 14.4. The summed E-state index contributed by atoms with van der Waals surface area (Å²) >= 11 is 0. The molecular formula is C21H24N2O2. The van der Waals surface area contributed by atoms with Crippen LogP contribution in [0.25, 0.3) is 0 Å². The number of benzene rings is 2. The van der Waals surface area contributed by atoms with Crippen molar-refractivity contribution in [2.24, 2.45) is 5.41 Å². The van der Waals surface area contributed by atoms with Gasteiger partial charge in [0.15, 0.2) is 0 Å². The number of piperidine rings is 1. The van der Waals surface area contributed by atoms with E-state index in [9.17, 15) is 4.79 Å². The fourth-order valence-electron chi connectivity index (χ4n) is 3.63. The lowest BCUT2D eigenvalue weighted by atomic mass is 9.73. The SMILES string of the molecule is O=C(c1ccc(OCc2ccccc2)cc1)N1CCC2(CC1)CNC2. The molecule has 4 rings (SSSR count). The second kappa shape index (κ2) is 6.89. The molecule has 2 aromatic carbocycles. The van der Waals surface area contributed by atoms with Gasteiger partial charge in [-0.1, -0.05) is 30.3 Å². The summed E-state index contributed by atoms with van der Waals surface area (Å²) in [6, 6.07) is 17.6. The summed E-state index contributed by atoms with van der Waals surface area (Å²) in [6.07, 6.45) is 2.23. The maximum absolute atomic E-state index is 12.7. The van der Waals surface area contributed by atoms with Crippen molar-refractivity contribution in [3.63, 3.8) is 0 Å². The van der Waals surface area contributed by atoms with Gasteiger partial charge in [-0.05, 0) is 48.1 Å². The Labute approximate surface area is 148 Å². The minimum Gasteiger partial charge on any atom is -0.489 e. The van der Waals surface area contributed by atoms with Gasteiger partial charge in [0, 0.05) is 31.7 Å². The van der Waals surface area contributed by atoms with Gasteiger partial charge in [0.05, 0.1) is 0 Å². The highest BCUT2D eigenvalue weighted by Crippen LogP contribution is 2.35. The largest absolute Gasteiger partial charge is 0.489 e. The van der Waals surface area contributed by atoms with Gasteiger partial charge in [0.2, 0.25) is 0 Å². The molecule has 2 aliphatic rings. The van der Waals surface area contributed by atoms with Crippen LogP contribution in [0.3, 0.4) is 0 Å². The number of rotatable bonds is 4.